The van der Waals surface area contributed by atoms with Gasteiger partial charge in [-0.2, -0.15) is 0 Å². The first-order valence-electron chi connectivity index (χ1n) is 5.91. The van der Waals surface area contributed by atoms with Gasteiger partial charge in [0.2, 0.25) is 0 Å². The standard InChI is InChI=1S/C15H14ClF2N/c1-9-7-10(3-5-12(9)16)15(19-2)11-4-6-13(17)14(18)8-11/h3-8,15,19H,1-2H3. The summed E-state index contributed by atoms with van der Waals surface area (Å²) in [6.45, 7) is 1.91. The number of nitrogens with one attached hydrogen (secondary N) is 1. The molecule has 2 aromatic carbocycles. The molecule has 4 heteroatoms. The fourth-order valence-electron chi connectivity index (χ4n) is 2.07. The Hall–Kier alpha value is -1.45. The highest BCUT2D eigenvalue weighted by atomic mass is 35.5. The molecule has 19 heavy (non-hydrogen) atoms. The van der Waals surface area contributed by atoms with Gasteiger partial charge >= 0.3 is 0 Å². The second-order valence-electron chi connectivity index (χ2n) is 4.40. The second kappa shape index (κ2) is 5.68. The highest BCUT2D eigenvalue weighted by Gasteiger charge is 2.14. The van der Waals surface area contributed by atoms with Gasteiger partial charge in [0.05, 0.1) is 6.04 Å². The highest BCUT2D eigenvalue weighted by Crippen LogP contribution is 2.26. The van der Waals surface area contributed by atoms with Crippen LogP contribution >= 0.6 is 11.6 Å². The van der Waals surface area contributed by atoms with Crippen LogP contribution in [0.4, 0.5) is 8.78 Å². The van der Waals surface area contributed by atoms with Crippen LogP contribution in [0.2, 0.25) is 5.02 Å². The van der Waals surface area contributed by atoms with Crippen LogP contribution in [0.5, 0.6) is 0 Å². The fraction of sp³-hybridized carbons (Fsp3) is 0.200. The quantitative estimate of drug-likeness (QED) is 0.887. The Balaban J connectivity index is 2.43. The number of hydrogen-bond donors (Lipinski definition) is 1. The summed E-state index contributed by atoms with van der Waals surface area (Å²) >= 11 is 5.99. The molecule has 0 saturated carbocycles. The van der Waals surface area contributed by atoms with E-state index in [9.17, 15) is 8.78 Å². The Morgan fingerprint density at radius 3 is 2.21 bits per heavy atom. The molecule has 0 aliphatic heterocycles. The van der Waals surface area contributed by atoms with E-state index >= 15 is 0 Å². The van der Waals surface area contributed by atoms with E-state index in [0.29, 0.717) is 10.6 Å². The minimum atomic E-state index is -0.844. The molecule has 1 atom stereocenters. The van der Waals surface area contributed by atoms with E-state index in [4.69, 9.17) is 11.6 Å². The van der Waals surface area contributed by atoms with Crippen LogP contribution in [-0.2, 0) is 0 Å². The van der Waals surface area contributed by atoms with E-state index in [1.165, 1.54) is 6.07 Å². The number of aryl methyl sites for hydroxylation is 1. The third kappa shape index (κ3) is 2.94. The first kappa shape index (κ1) is 14.0. The molecule has 2 rings (SSSR count). The molecule has 1 N–H and O–H groups in total. The number of benzene rings is 2. The van der Waals surface area contributed by atoms with Gasteiger partial charge in [-0.3, -0.25) is 0 Å². The summed E-state index contributed by atoms with van der Waals surface area (Å²) in [5, 5.41) is 3.78. The van der Waals surface area contributed by atoms with Crippen molar-refractivity contribution in [2.45, 2.75) is 13.0 Å². The topological polar surface area (TPSA) is 12.0 Å². The second-order valence-corrected chi connectivity index (χ2v) is 4.81. The summed E-state index contributed by atoms with van der Waals surface area (Å²) in [5.41, 5.74) is 2.57. The van der Waals surface area contributed by atoms with Gasteiger partial charge < -0.3 is 5.32 Å². The largest absolute Gasteiger partial charge is 0.309 e. The third-order valence-corrected chi connectivity index (χ3v) is 3.51. The predicted octanol–water partition coefficient (Wildman–Crippen LogP) is 4.24. The van der Waals surface area contributed by atoms with Crippen LogP contribution in [0.1, 0.15) is 22.7 Å². The summed E-state index contributed by atoms with van der Waals surface area (Å²) in [6, 6.07) is 9.33. The fourth-order valence-corrected chi connectivity index (χ4v) is 2.18. The number of rotatable bonds is 3. The van der Waals surface area contributed by atoms with E-state index in [0.717, 1.165) is 17.2 Å². The molecule has 0 spiro atoms. The van der Waals surface area contributed by atoms with Gasteiger partial charge in [0.25, 0.3) is 0 Å². The summed E-state index contributed by atoms with van der Waals surface area (Å²) in [4.78, 5) is 0. The van der Waals surface area contributed by atoms with Crippen molar-refractivity contribution in [3.8, 4) is 0 Å². The van der Waals surface area contributed by atoms with Gasteiger partial charge in [-0.15, -0.1) is 0 Å². The molecule has 0 saturated heterocycles. The first-order chi connectivity index (χ1) is 9.02. The molecule has 1 unspecified atom stereocenters. The van der Waals surface area contributed by atoms with Crippen LogP contribution in [0.3, 0.4) is 0 Å². The van der Waals surface area contributed by atoms with Gasteiger partial charge in [-0.25, -0.2) is 8.78 Å². The molecule has 0 aliphatic rings. The van der Waals surface area contributed by atoms with Gasteiger partial charge in [0, 0.05) is 5.02 Å². The molecule has 0 amide bonds. The van der Waals surface area contributed by atoms with Crippen molar-refractivity contribution in [2.75, 3.05) is 7.05 Å². The number of halogens is 3. The summed E-state index contributed by atoms with van der Waals surface area (Å²) in [5.74, 6) is -1.69. The summed E-state index contributed by atoms with van der Waals surface area (Å²) in [6.07, 6.45) is 0. The van der Waals surface area contributed by atoms with Crippen LogP contribution in [0.25, 0.3) is 0 Å². The van der Waals surface area contributed by atoms with Crippen molar-refractivity contribution in [3.63, 3.8) is 0 Å². The summed E-state index contributed by atoms with van der Waals surface area (Å²) in [7, 11) is 1.77. The lowest BCUT2D eigenvalue weighted by molar-refractivity contribution is 0.505. The lowest BCUT2D eigenvalue weighted by Gasteiger charge is -2.18. The zero-order valence-electron chi connectivity index (χ0n) is 10.7. The lowest BCUT2D eigenvalue weighted by Crippen LogP contribution is -2.18. The molecule has 100 valence electrons. The minimum absolute atomic E-state index is 0.203. The van der Waals surface area contributed by atoms with Crippen LogP contribution in [-0.4, -0.2) is 7.05 Å². The van der Waals surface area contributed by atoms with Crippen LogP contribution < -0.4 is 5.32 Å². The minimum Gasteiger partial charge on any atom is -0.309 e. The SMILES string of the molecule is CNC(c1ccc(Cl)c(C)c1)c1ccc(F)c(F)c1. The van der Waals surface area contributed by atoms with E-state index in [-0.39, 0.29) is 6.04 Å². The molecular weight excluding hydrogens is 268 g/mol. The molecule has 0 aromatic heterocycles. The molecule has 0 aliphatic carbocycles. The molecule has 0 bridgehead atoms. The molecule has 0 radical (unpaired) electrons. The van der Waals surface area contributed by atoms with Crippen molar-refractivity contribution in [3.05, 3.63) is 69.7 Å². The van der Waals surface area contributed by atoms with Gasteiger partial charge in [0.15, 0.2) is 11.6 Å². The average Bonchev–Trinajstić information content (AvgIpc) is 2.39. The monoisotopic (exact) mass is 281 g/mol. The zero-order valence-corrected chi connectivity index (χ0v) is 11.4. The van der Waals surface area contributed by atoms with Crippen molar-refractivity contribution in [1.82, 2.24) is 5.32 Å². The van der Waals surface area contributed by atoms with Gasteiger partial charge in [-0.05, 0) is 48.9 Å². The molecule has 0 heterocycles. The lowest BCUT2D eigenvalue weighted by atomic mass is 9.97. The van der Waals surface area contributed by atoms with Crippen molar-refractivity contribution < 1.29 is 8.78 Å². The Bertz CT molecular complexity index is 547. The highest BCUT2D eigenvalue weighted by molar-refractivity contribution is 6.31. The Morgan fingerprint density at radius 2 is 1.63 bits per heavy atom. The van der Waals surface area contributed by atoms with E-state index in [2.05, 4.69) is 5.32 Å². The van der Waals surface area contributed by atoms with Crippen LogP contribution in [0, 0.1) is 18.6 Å². The Morgan fingerprint density at radius 1 is 1.00 bits per heavy atom. The van der Waals surface area contributed by atoms with Crippen molar-refractivity contribution in [1.29, 1.82) is 0 Å². The third-order valence-electron chi connectivity index (χ3n) is 3.08. The molecular formula is C15H14ClF2N. The predicted molar refractivity (Wildman–Crippen MR) is 73.4 cm³/mol. The van der Waals surface area contributed by atoms with E-state index in [1.54, 1.807) is 19.2 Å². The maximum absolute atomic E-state index is 13.3. The number of hydrogen-bond acceptors (Lipinski definition) is 1. The van der Waals surface area contributed by atoms with E-state index in [1.807, 2.05) is 19.1 Å². The Kier molecular flexibility index (Phi) is 4.17. The first-order valence-corrected chi connectivity index (χ1v) is 6.29. The van der Waals surface area contributed by atoms with Crippen LogP contribution in [0.15, 0.2) is 36.4 Å². The summed E-state index contributed by atoms with van der Waals surface area (Å²) < 4.78 is 26.3. The molecule has 2 aromatic rings. The Labute approximate surface area is 116 Å². The maximum atomic E-state index is 13.3. The maximum Gasteiger partial charge on any atom is 0.159 e. The normalized spacial score (nSPS) is 12.5. The van der Waals surface area contributed by atoms with Crippen molar-refractivity contribution >= 4 is 11.6 Å². The van der Waals surface area contributed by atoms with Gasteiger partial charge in [-0.1, -0.05) is 29.8 Å². The molecule has 0 fully saturated rings. The van der Waals surface area contributed by atoms with Gasteiger partial charge in [0.1, 0.15) is 0 Å². The smallest absolute Gasteiger partial charge is 0.159 e. The van der Waals surface area contributed by atoms with Crippen molar-refractivity contribution in [2.24, 2.45) is 0 Å². The van der Waals surface area contributed by atoms with E-state index < -0.39 is 11.6 Å². The molecule has 1 nitrogen and oxygen atoms in total. The average molecular weight is 282 g/mol. The zero-order chi connectivity index (χ0) is 14.0.